The van der Waals surface area contributed by atoms with E-state index in [4.69, 9.17) is 16.3 Å². The lowest BCUT2D eigenvalue weighted by atomic mass is 9.98. The summed E-state index contributed by atoms with van der Waals surface area (Å²) in [6.07, 6.45) is 1.68. The molecule has 0 spiro atoms. The Labute approximate surface area is 257 Å². The summed E-state index contributed by atoms with van der Waals surface area (Å²) in [5.74, 6) is -0.474. The Morgan fingerprint density at radius 2 is 1.70 bits per heavy atom. The third-order valence-corrected chi connectivity index (χ3v) is 7.87. The van der Waals surface area contributed by atoms with Crippen molar-refractivity contribution in [1.29, 1.82) is 0 Å². The Kier molecular flexibility index (Phi) is 8.43. The highest BCUT2D eigenvalue weighted by Crippen LogP contribution is 2.30. The molecular weight excluding hydrogens is 558 g/mol. The van der Waals surface area contributed by atoms with Gasteiger partial charge in [-0.1, -0.05) is 60.1 Å². The molecule has 5 rings (SSSR count). The minimum absolute atomic E-state index is 0.142. The Morgan fingerprint density at radius 1 is 0.977 bits per heavy atom. The number of fused-ring (bicyclic) bond motifs is 1. The van der Waals surface area contributed by atoms with Gasteiger partial charge >= 0.3 is 5.97 Å². The molecule has 0 aliphatic heterocycles. The molecule has 1 N–H and O–H groups in total. The summed E-state index contributed by atoms with van der Waals surface area (Å²) in [4.78, 5) is 30.1. The van der Waals surface area contributed by atoms with E-state index in [1.54, 1.807) is 18.3 Å². The van der Waals surface area contributed by atoms with Gasteiger partial charge in [0.15, 0.2) is 0 Å². The number of halogens is 1. The van der Waals surface area contributed by atoms with Crippen LogP contribution in [0.1, 0.15) is 76.8 Å². The summed E-state index contributed by atoms with van der Waals surface area (Å²) in [5.41, 5.74) is 7.75. The van der Waals surface area contributed by atoms with Gasteiger partial charge in [-0.3, -0.25) is 4.79 Å². The molecule has 7 heteroatoms. The zero-order valence-electron chi connectivity index (χ0n) is 25.4. The normalized spacial score (nSPS) is 12.3. The number of benzene rings is 3. The fourth-order valence-corrected chi connectivity index (χ4v) is 5.33. The standard InChI is InChI=1S/C36H36ClN3O3/c1-22-24(3)40(32-17-15-27(19-31(22)32)34(41)39-23(2)28-16-18-33(37)38-20-28)21-25-11-13-26(14-12-25)29-9-7-8-10-30(29)35(42)43-36(4,5)6/h7-20,23H,21H2,1-6H3,(H,39,41). The number of hydrogen-bond donors (Lipinski definition) is 1. The van der Waals surface area contributed by atoms with Crippen LogP contribution in [0.25, 0.3) is 22.0 Å². The minimum Gasteiger partial charge on any atom is -0.456 e. The number of rotatable bonds is 7. The molecule has 1 atom stereocenters. The number of nitrogens with zero attached hydrogens (tertiary/aromatic N) is 2. The van der Waals surface area contributed by atoms with E-state index in [2.05, 4.69) is 40.8 Å². The lowest BCUT2D eigenvalue weighted by molar-refractivity contribution is 0.00703. The van der Waals surface area contributed by atoms with Gasteiger partial charge in [0.25, 0.3) is 5.91 Å². The van der Waals surface area contributed by atoms with E-state index in [1.165, 1.54) is 0 Å². The number of nitrogens with one attached hydrogen (secondary N) is 1. The van der Waals surface area contributed by atoms with Crippen LogP contribution < -0.4 is 5.32 Å². The first-order chi connectivity index (χ1) is 20.4. The van der Waals surface area contributed by atoms with Crippen molar-refractivity contribution in [2.24, 2.45) is 0 Å². The smallest absolute Gasteiger partial charge is 0.339 e. The van der Waals surface area contributed by atoms with Crippen LogP contribution in [0.15, 0.2) is 85.1 Å². The van der Waals surface area contributed by atoms with Crippen LogP contribution in [0.3, 0.4) is 0 Å². The third-order valence-electron chi connectivity index (χ3n) is 7.65. The van der Waals surface area contributed by atoms with Crippen molar-refractivity contribution >= 4 is 34.4 Å². The first-order valence-electron chi connectivity index (χ1n) is 14.3. The predicted molar refractivity (Wildman–Crippen MR) is 173 cm³/mol. The maximum Gasteiger partial charge on any atom is 0.339 e. The molecule has 0 aliphatic rings. The van der Waals surface area contributed by atoms with E-state index in [1.807, 2.05) is 82.3 Å². The molecule has 0 bridgehead atoms. The molecule has 0 saturated heterocycles. The van der Waals surface area contributed by atoms with Crippen molar-refractivity contribution in [2.45, 2.75) is 59.7 Å². The highest BCUT2D eigenvalue weighted by Gasteiger charge is 2.21. The fraction of sp³-hybridized carbons (Fsp3) is 0.250. The van der Waals surface area contributed by atoms with E-state index in [0.717, 1.165) is 44.4 Å². The minimum atomic E-state index is -0.568. The van der Waals surface area contributed by atoms with Crippen molar-refractivity contribution in [1.82, 2.24) is 14.9 Å². The number of carbonyl (C=O) groups excluding carboxylic acids is 2. The zero-order valence-corrected chi connectivity index (χ0v) is 26.1. The van der Waals surface area contributed by atoms with E-state index in [-0.39, 0.29) is 17.9 Å². The van der Waals surface area contributed by atoms with Gasteiger partial charge in [0.05, 0.1) is 11.6 Å². The molecule has 5 aromatic rings. The number of aryl methyl sites for hydroxylation is 1. The second-order valence-electron chi connectivity index (χ2n) is 11.9. The maximum atomic E-state index is 13.1. The monoisotopic (exact) mass is 593 g/mol. The Hall–Kier alpha value is -4.42. The molecule has 3 aromatic carbocycles. The number of amides is 1. The fourth-order valence-electron chi connectivity index (χ4n) is 5.22. The Balaban J connectivity index is 1.36. The van der Waals surface area contributed by atoms with Gasteiger partial charge in [0, 0.05) is 34.9 Å². The van der Waals surface area contributed by atoms with E-state index < -0.39 is 5.60 Å². The number of aromatic nitrogens is 2. The topological polar surface area (TPSA) is 73.2 Å². The van der Waals surface area contributed by atoms with E-state index in [0.29, 0.717) is 22.8 Å². The number of pyridine rings is 1. The molecular formula is C36H36ClN3O3. The van der Waals surface area contributed by atoms with Gasteiger partial charge in [-0.25, -0.2) is 9.78 Å². The molecule has 220 valence electrons. The first kappa shape index (κ1) is 30.1. The van der Waals surface area contributed by atoms with Crippen LogP contribution in [-0.4, -0.2) is 27.0 Å². The molecule has 1 unspecified atom stereocenters. The molecule has 2 aromatic heterocycles. The summed E-state index contributed by atoms with van der Waals surface area (Å²) < 4.78 is 7.91. The predicted octanol–water partition coefficient (Wildman–Crippen LogP) is 8.47. The van der Waals surface area contributed by atoms with Gasteiger partial charge in [-0.05, 0) is 99.7 Å². The number of carbonyl (C=O) groups is 2. The molecule has 0 aliphatic carbocycles. The van der Waals surface area contributed by atoms with Gasteiger partial charge < -0.3 is 14.6 Å². The number of ether oxygens (including phenoxy) is 1. The number of hydrogen-bond acceptors (Lipinski definition) is 4. The second-order valence-corrected chi connectivity index (χ2v) is 12.3. The molecule has 6 nitrogen and oxygen atoms in total. The van der Waals surface area contributed by atoms with Crippen molar-refractivity contribution in [3.05, 3.63) is 124 Å². The molecule has 0 saturated carbocycles. The molecule has 1 amide bonds. The quantitative estimate of drug-likeness (QED) is 0.152. The summed E-state index contributed by atoms with van der Waals surface area (Å²) in [7, 11) is 0. The lowest BCUT2D eigenvalue weighted by Crippen LogP contribution is -2.26. The molecule has 0 fully saturated rings. The van der Waals surface area contributed by atoms with Gasteiger partial charge in [-0.15, -0.1) is 0 Å². The van der Waals surface area contributed by atoms with Crippen LogP contribution in [0.5, 0.6) is 0 Å². The average Bonchev–Trinajstić information content (AvgIpc) is 3.21. The highest BCUT2D eigenvalue weighted by atomic mass is 35.5. The van der Waals surface area contributed by atoms with Gasteiger partial charge in [0.1, 0.15) is 10.8 Å². The Bertz CT molecular complexity index is 1800. The van der Waals surface area contributed by atoms with Crippen molar-refractivity contribution in [3.63, 3.8) is 0 Å². The van der Waals surface area contributed by atoms with Crippen molar-refractivity contribution in [2.75, 3.05) is 0 Å². The van der Waals surface area contributed by atoms with Crippen molar-refractivity contribution < 1.29 is 14.3 Å². The average molecular weight is 594 g/mol. The van der Waals surface area contributed by atoms with Crippen molar-refractivity contribution in [3.8, 4) is 11.1 Å². The maximum absolute atomic E-state index is 13.1. The van der Waals surface area contributed by atoms with Crippen LogP contribution >= 0.6 is 11.6 Å². The summed E-state index contributed by atoms with van der Waals surface area (Å²) in [6.45, 7) is 12.4. The lowest BCUT2D eigenvalue weighted by Gasteiger charge is -2.20. The highest BCUT2D eigenvalue weighted by molar-refractivity contribution is 6.29. The first-order valence-corrected chi connectivity index (χ1v) is 14.7. The van der Waals surface area contributed by atoms with Gasteiger partial charge in [-0.2, -0.15) is 0 Å². The van der Waals surface area contributed by atoms with Crippen LogP contribution in [-0.2, 0) is 11.3 Å². The molecule has 2 heterocycles. The summed E-state index contributed by atoms with van der Waals surface area (Å²) in [5, 5.41) is 4.53. The summed E-state index contributed by atoms with van der Waals surface area (Å²) >= 11 is 5.90. The molecule has 0 radical (unpaired) electrons. The number of esters is 1. The zero-order chi connectivity index (χ0) is 30.9. The molecule has 43 heavy (non-hydrogen) atoms. The van der Waals surface area contributed by atoms with E-state index in [9.17, 15) is 9.59 Å². The van der Waals surface area contributed by atoms with Crippen LogP contribution in [0.2, 0.25) is 5.15 Å². The Morgan fingerprint density at radius 3 is 2.37 bits per heavy atom. The largest absolute Gasteiger partial charge is 0.456 e. The second kappa shape index (κ2) is 12.1. The van der Waals surface area contributed by atoms with Gasteiger partial charge in [0.2, 0.25) is 0 Å². The third kappa shape index (κ3) is 6.65. The summed E-state index contributed by atoms with van der Waals surface area (Å²) in [6, 6.07) is 25.0. The SMILES string of the molecule is Cc1c(C)n(Cc2ccc(-c3ccccc3C(=O)OC(C)(C)C)cc2)c2ccc(C(=O)NC(C)c3ccc(Cl)nc3)cc12. The van der Waals surface area contributed by atoms with Crippen LogP contribution in [0.4, 0.5) is 0 Å². The van der Waals surface area contributed by atoms with Crippen LogP contribution in [0, 0.1) is 13.8 Å². The van der Waals surface area contributed by atoms with E-state index >= 15 is 0 Å².